The van der Waals surface area contributed by atoms with Crippen LogP contribution < -0.4 is 0 Å². The van der Waals surface area contributed by atoms with Gasteiger partial charge in [0.1, 0.15) is 0 Å². The highest BCUT2D eigenvalue weighted by molar-refractivity contribution is 4.86. The Bertz CT molecular complexity index is 225. The molecule has 1 atom stereocenters. The maximum Gasteiger partial charge on any atom is 0.286 e. The van der Waals surface area contributed by atoms with E-state index in [1.165, 1.54) is 0 Å². The zero-order valence-electron chi connectivity index (χ0n) is 7.95. The van der Waals surface area contributed by atoms with Crippen LogP contribution >= 0.6 is 0 Å². The number of hydrogen-bond acceptors (Lipinski definition) is 5. The van der Waals surface area contributed by atoms with Crippen molar-refractivity contribution in [3.63, 3.8) is 0 Å². The first-order valence-corrected chi connectivity index (χ1v) is 4.45. The number of azo groups is 1. The fourth-order valence-corrected chi connectivity index (χ4v) is 1.55. The molecule has 74 valence electrons. The van der Waals surface area contributed by atoms with Crippen molar-refractivity contribution < 1.29 is 14.2 Å². The Morgan fingerprint density at radius 1 is 1.23 bits per heavy atom. The summed E-state index contributed by atoms with van der Waals surface area (Å²) in [5, 5.41) is 8.14. The Labute approximate surface area is 77.1 Å². The summed E-state index contributed by atoms with van der Waals surface area (Å²) in [5.74, 6) is -0.892. The minimum absolute atomic E-state index is 0.483. The van der Waals surface area contributed by atoms with E-state index in [0.717, 1.165) is 12.8 Å². The van der Waals surface area contributed by atoms with Gasteiger partial charge in [-0.25, -0.2) is 0 Å². The molecule has 0 aromatic carbocycles. The number of methoxy groups -OCH3 is 1. The van der Waals surface area contributed by atoms with Crippen LogP contribution in [-0.4, -0.2) is 32.0 Å². The maximum atomic E-state index is 5.69. The van der Waals surface area contributed by atoms with Crippen LogP contribution in [0.3, 0.4) is 0 Å². The normalized spacial score (nSPS) is 37.1. The fourth-order valence-electron chi connectivity index (χ4n) is 1.55. The van der Waals surface area contributed by atoms with Crippen LogP contribution in [0.4, 0.5) is 0 Å². The maximum absolute atomic E-state index is 5.69. The number of nitrogens with zero attached hydrogens (tertiary/aromatic N) is 2. The van der Waals surface area contributed by atoms with Gasteiger partial charge < -0.3 is 9.47 Å². The van der Waals surface area contributed by atoms with E-state index in [1.807, 2.05) is 0 Å². The molecule has 5 nitrogen and oxygen atoms in total. The van der Waals surface area contributed by atoms with Crippen molar-refractivity contribution >= 4 is 0 Å². The predicted molar refractivity (Wildman–Crippen MR) is 44.1 cm³/mol. The van der Waals surface area contributed by atoms with Gasteiger partial charge in [-0.2, -0.15) is 5.11 Å². The first-order chi connectivity index (χ1) is 6.18. The van der Waals surface area contributed by atoms with Crippen molar-refractivity contribution in [3.05, 3.63) is 0 Å². The Kier molecular flexibility index (Phi) is 2.09. The lowest BCUT2D eigenvalue weighted by atomic mass is 10.1. The summed E-state index contributed by atoms with van der Waals surface area (Å²) in [5.41, 5.74) is -0.483. The van der Waals surface area contributed by atoms with Crippen LogP contribution in [0, 0.1) is 0 Å². The smallest absolute Gasteiger partial charge is 0.286 e. The van der Waals surface area contributed by atoms with Gasteiger partial charge >= 0.3 is 0 Å². The van der Waals surface area contributed by atoms with E-state index < -0.39 is 11.6 Å². The molecule has 5 heteroatoms. The Morgan fingerprint density at radius 2 is 1.92 bits per heavy atom. The summed E-state index contributed by atoms with van der Waals surface area (Å²) >= 11 is 0. The first kappa shape index (κ1) is 9.05. The molecule has 0 N–H and O–H groups in total. The van der Waals surface area contributed by atoms with Gasteiger partial charge in [-0.15, -0.1) is 5.11 Å². The molecule has 0 radical (unpaired) electrons. The molecule has 13 heavy (non-hydrogen) atoms. The van der Waals surface area contributed by atoms with E-state index >= 15 is 0 Å². The van der Waals surface area contributed by atoms with Crippen molar-refractivity contribution in [1.82, 2.24) is 0 Å². The van der Waals surface area contributed by atoms with Crippen molar-refractivity contribution in [1.29, 1.82) is 0 Å². The van der Waals surface area contributed by atoms with Crippen LogP contribution in [0.25, 0.3) is 0 Å². The highest BCUT2D eigenvalue weighted by Gasteiger charge is 2.46. The van der Waals surface area contributed by atoms with E-state index in [-0.39, 0.29) is 0 Å². The summed E-state index contributed by atoms with van der Waals surface area (Å²) < 4.78 is 16.0. The summed E-state index contributed by atoms with van der Waals surface area (Å²) in [6.07, 6.45) is 1.52. The molecule has 0 amide bonds. The lowest BCUT2D eigenvalue weighted by Gasteiger charge is -2.31. The van der Waals surface area contributed by atoms with Crippen LogP contribution in [-0.2, 0) is 14.2 Å². The van der Waals surface area contributed by atoms with Crippen LogP contribution in [0.15, 0.2) is 10.2 Å². The SMILES string of the molecule is COC1(C)N=NC2(CCOCC2)O1. The van der Waals surface area contributed by atoms with Gasteiger partial charge in [-0.3, -0.25) is 4.74 Å². The van der Waals surface area contributed by atoms with Gasteiger partial charge in [-0.05, 0) is 0 Å². The van der Waals surface area contributed by atoms with E-state index in [1.54, 1.807) is 14.0 Å². The minimum atomic E-state index is -0.892. The minimum Gasteiger partial charge on any atom is -0.381 e. The van der Waals surface area contributed by atoms with E-state index in [4.69, 9.17) is 14.2 Å². The molecule has 1 spiro atoms. The van der Waals surface area contributed by atoms with E-state index in [9.17, 15) is 0 Å². The second kappa shape index (κ2) is 3.01. The molecular weight excluding hydrogens is 172 g/mol. The van der Waals surface area contributed by atoms with Crippen LogP contribution in [0.1, 0.15) is 19.8 Å². The Hall–Kier alpha value is -0.520. The average Bonchev–Trinajstić information content (AvgIpc) is 2.47. The third-order valence-corrected chi connectivity index (χ3v) is 2.45. The van der Waals surface area contributed by atoms with Crippen LogP contribution in [0.2, 0.25) is 0 Å². The van der Waals surface area contributed by atoms with Crippen molar-refractivity contribution in [3.8, 4) is 0 Å². The average molecular weight is 186 g/mol. The molecule has 2 aliphatic rings. The van der Waals surface area contributed by atoms with Gasteiger partial charge in [-0.1, -0.05) is 0 Å². The second-order valence-corrected chi connectivity index (χ2v) is 3.46. The summed E-state index contributed by atoms with van der Waals surface area (Å²) in [4.78, 5) is 0. The van der Waals surface area contributed by atoms with Crippen molar-refractivity contribution in [2.24, 2.45) is 10.2 Å². The standard InChI is InChI=1S/C8H14N2O3/c1-7(11-2)9-10-8(13-7)3-5-12-6-4-8/h3-6H2,1-2H3. The highest BCUT2D eigenvalue weighted by Crippen LogP contribution is 2.38. The molecule has 0 saturated carbocycles. The summed E-state index contributed by atoms with van der Waals surface area (Å²) in [7, 11) is 1.57. The first-order valence-electron chi connectivity index (χ1n) is 4.45. The van der Waals surface area contributed by atoms with Crippen molar-refractivity contribution in [2.75, 3.05) is 20.3 Å². The molecule has 0 aromatic heterocycles. The fraction of sp³-hybridized carbons (Fsp3) is 1.00. The third-order valence-electron chi connectivity index (χ3n) is 2.45. The molecular formula is C8H14N2O3. The van der Waals surface area contributed by atoms with E-state index in [0.29, 0.717) is 13.2 Å². The van der Waals surface area contributed by atoms with Gasteiger partial charge in [0.15, 0.2) is 5.72 Å². The molecule has 1 fully saturated rings. The quantitative estimate of drug-likeness (QED) is 0.620. The van der Waals surface area contributed by atoms with Gasteiger partial charge in [0, 0.05) is 26.9 Å². The Balaban J connectivity index is 2.08. The largest absolute Gasteiger partial charge is 0.381 e. The second-order valence-electron chi connectivity index (χ2n) is 3.46. The third kappa shape index (κ3) is 1.59. The molecule has 2 heterocycles. The molecule has 0 aromatic rings. The summed E-state index contributed by atoms with van der Waals surface area (Å²) in [6.45, 7) is 3.12. The molecule has 0 bridgehead atoms. The van der Waals surface area contributed by atoms with Gasteiger partial charge in [0.25, 0.3) is 5.91 Å². The number of hydrogen-bond donors (Lipinski definition) is 0. The summed E-state index contributed by atoms with van der Waals surface area (Å²) in [6, 6.07) is 0. The molecule has 0 aliphatic carbocycles. The van der Waals surface area contributed by atoms with Gasteiger partial charge in [0.05, 0.1) is 13.2 Å². The monoisotopic (exact) mass is 186 g/mol. The molecule has 2 aliphatic heterocycles. The van der Waals surface area contributed by atoms with E-state index in [2.05, 4.69) is 10.2 Å². The topological polar surface area (TPSA) is 52.4 Å². The number of rotatable bonds is 1. The lowest BCUT2D eigenvalue weighted by Crippen LogP contribution is -2.40. The lowest BCUT2D eigenvalue weighted by molar-refractivity contribution is -0.249. The highest BCUT2D eigenvalue weighted by atomic mass is 16.7. The molecule has 1 saturated heterocycles. The zero-order valence-corrected chi connectivity index (χ0v) is 7.95. The van der Waals surface area contributed by atoms with Crippen LogP contribution in [0.5, 0.6) is 0 Å². The zero-order chi connectivity index (χ0) is 9.36. The molecule has 1 unspecified atom stereocenters. The van der Waals surface area contributed by atoms with Gasteiger partial charge in [0.2, 0.25) is 0 Å². The Morgan fingerprint density at radius 3 is 2.46 bits per heavy atom. The molecule has 2 rings (SSSR count). The predicted octanol–water partition coefficient (Wildman–Crippen LogP) is 1.30. The van der Waals surface area contributed by atoms with Crippen molar-refractivity contribution in [2.45, 2.75) is 31.4 Å². The number of ether oxygens (including phenoxy) is 3.